The molecule has 1 aromatic rings. The van der Waals surface area contributed by atoms with Gasteiger partial charge in [-0.1, -0.05) is 6.07 Å². The Morgan fingerprint density at radius 3 is 2.60 bits per heavy atom. The number of carbonyl (C=O) groups excluding carboxylic acids is 1. The van der Waals surface area contributed by atoms with Crippen LogP contribution in [0.4, 0.5) is 4.39 Å². The molecular weight excluding hydrogens is 199 g/mol. The summed E-state index contributed by atoms with van der Waals surface area (Å²) in [5, 5.41) is 0. The fraction of sp³-hybridized carbons (Fsp3) is 0.364. The van der Waals surface area contributed by atoms with E-state index in [1.807, 2.05) is 0 Å². The van der Waals surface area contributed by atoms with Crippen molar-refractivity contribution in [1.29, 1.82) is 0 Å². The molecule has 82 valence electrons. The Labute approximate surface area is 87.8 Å². The quantitative estimate of drug-likeness (QED) is 0.722. The highest BCUT2D eigenvalue weighted by atomic mass is 19.1. The standard InChI is InChI=1S/C11H13FO3/c1-7(2)15-9-6-4-5-8(12)10(9)11(13)14-3/h4-7H,1-3H3. The van der Waals surface area contributed by atoms with E-state index >= 15 is 0 Å². The van der Waals surface area contributed by atoms with Crippen molar-refractivity contribution in [2.24, 2.45) is 0 Å². The van der Waals surface area contributed by atoms with Crippen LogP contribution in [0.3, 0.4) is 0 Å². The van der Waals surface area contributed by atoms with Crippen LogP contribution in [-0.4, -0.2) is 19.2 Å². The summed E-state index contributed by atoms with van der Waals surface area (Å²) in [6.07, 6.45) is -0.129. The Bertz CT molecular complexity index is 361. The van der Waals surface area contributed by atoms with Gasteiger partial charge in [0.15, 0.2) is 0 Å². The number of hydrogen-bond donors (Lipinski definition) is 0. The largest absolute Gasteiger partial charge is 0.490 e. The predicted molar refractivity (Wildman–Crippen MR) is 53.5 cm³/mol. The van der Waals surface area contributed by atoms with Crippen molar-refractivity contribution in [3.8, 4) is 5.75 Å². The Balaban J connectivity index is 3.14. The molecule has 4 heteroatoms. The Hall–Kier alpha value is -1.58. The van der Waals surface area contributed by atoms with Gasteiger partial charge in [-0.3, -0.25) is 0 Å². The van der Waals surface area contributed by atoms with Gasteiger partial charge >= 0.3 is 5.97 Å². The SMILES string of the molecule is COC(=O)c1c(F)cccc1OC(C)C. The van der Waals surface area contributed by atoms with Gasteiger partial charge in [-0.05, 0) is 26.0 Å². The first-order chi connectivity index (χ1) is 7.06. The summed E-state index contributed by atoms with van der Waals surface area (Å²) >= 11 is 0. The summed E-state index contributed by atoms with van der Waals surface area (Å²) in [5.41, 5.74) is -0.159. The molecule has 0 aliphatic rings. The summed E-state index contributed by atoms with van der Waals surface area (Å²) < 4.78 is 23.1. The van der Waals surface area contributed by atoms with Crippen LogP contribution in [0.15, 0.2) is 18.2 Å². The van der Waals surface area contributed by atoms with Crippen molar-refractivity contribution < 1.29 is 18.7 Å². The molecule has 0 saturated heterocycles. The number of benzene rings is 1. The topological polar surface area (TPSA) is 35.5 Å². The van der Waals surface area contributed by atoms with Crippen LogP contribution in [0.25, 0.3) is 0 Å². The van der Waals surface area contributed by atoms with E-state index in [0.717, 1.165) is 0 Å². The Morgan fingerprint density at radius 1 is 1.40 bits per heavy atom. The minimum absolute atomic E-state index is 0.129. The lowest BCUT2D eigenvalue weighted by molar-refractivity contribution is 0.0588. The number of ether oxygens (including phenoxy) is 2. The zero-order valence-electron chi connectivity index (χ0n) is 8.91. The van der Waals surface area contributed by atoms with E-state index in [1.54, 1.807) is 13.8 Å². The molecule has 0 heterocycles. The molecule has 0 saturated carbocycles. The Kier molecular flexibility index (Phi) is 3.66. The van der Waals surface area contributed by atoms with Gasteiger partial charge in [0.25, 0.3) is 0 Å². The third-order valence-electron chi connectivity index (χ3n) is 1.73. The minimum Gasteiger partial charge on any atom is -0.490 e. The summed E-state index contributed by atoms with van der Waals surface area (Å²) in [5.74, 6) is -1.17. The first-order valence-electron chi connectivity index (χ1n) is 4.59. The molecule has 0 atom stereocenters. The molecule has 0 aliphatic heterocycles. The van der Waals surface area contributed by atoms with Gasteiger partial charge in [0, 0.05) is 0 Å². The molecule has 0 aromatic heterocycles. The van der Waals surface area contributed by atoms with Crippen LogP contribution in [-0.2, 0) is 4.74 Å². The maximum Gasteiger partial charge on any atom is 0.344 e. The summed E-state index contributed by atoms with van der Waals surface area (Å²) in [4.78, 5) is 11.3. The second kappa shape index (κ2) is 4.77. The van der Waals surface area contributed by atoms with Crippen molar-refractivity contribution in [2.45, 2.75) is 20.0 Å². The molecule has 3 nitrogen and oxygen atoms in total. The van der Waals surface area contributed by atoms with Crippen molar-refractivity contribution in [1.82, 2.24) is 0 Å². The molecule has 0 fully saturated rings. The van der Waals surface area contributed by atoms with Crippen molar-refractivity contribution in [3.63, 3.8) is 0 Å². The molecule has 1 aromatic carbocycles. The highest BCUT2D eigenvalue weighted by Gasteiger charge is 2.18. The molecule has 0 spiro atoms. The second-order valence-corrected chi connectivity index (χ2v) is 3.27. The van der Waals surface area contributed by atoms with E-state index in [-0.39, 0.29) is 17.4 Å². The molecule has 1 rings (SSSR count). The number of carbonyl (C=O) groups is 1. The van der Waals surface area contributed by atoms with Crippen LogP contribution >= 0.6 is 0 Å². The van der Waals surface area contributed by atoms with Crippen LogP contribution in [0.2, 0.25) is 0 Å². The average molecular weight is 212 g/mol. The molecule has 15 heavy (non-hydrogen) atoms. The third kappa shape index (κ3) is 2.68. The number of methoxy groups -OCH3 is 1. The Morgan fingerprint density at radius 2 is 2.07 bits per heavy atom. The van der Waals surface area contributed by atoms with Gasteiger partial charge < -0.3 is 9.47 Å². The van der Waals surface area contributed by atoms with Gasteiger partial charge in [-0.2, -0.15) is 0 Å². The lowest BCUT2D eigenvalue weighted by Crippen LogP contribution is -2.12. The van der Waals surface area contributed by atoms with Crippen LogP contribution in [0.5, 0.6) is 5.75 Å². The first kappa shape index (κ1) is 11.5. The predicted octanol–water partition coefficient (Wildman–Crippen LogP) is 2.40. The van der Waals surface area contributed by atoms with Gasteiger partial charge in [-0.25, -0.2) is 9.18 Å². The minimum atomic E-state index is -0.733. The number of rotatable bonds is 3. The zero-order chi connectivity index (χ0) is 11.4. The summed E-state index contributed by atoms with van der Waals surface area (Å²) in [6, 6.07) is 4.22. The number of halogens is 1. The second-order valence-electron chi connectivity index (χ2n) is 3.27. The molecule has 0 amide bonds. The first-order valence-corrected chi connectivity index (χ1v) is 4.59. The number of hydrogen-bond acceptors (Lipinski definition) is 3. The lowest BCUT2D eigenvalue weighted by atomic mass is 10.2. The van der Waals surface area contributed by atoms with Gasteiger partial charge in [0.1, 0.15) is 17.1 Å². The zero-order valence-corrected chi connectivity index (χ0v) is 8.91. The average Bonchev–Trinajstić information content (AvgIpc) is 2.16. The van der Waals surface area contributed by atoms with Gasteiger partial charge in [-0.15, -0.1) is 0 Å². The van der Waals surface area contributed by atoms with Crippen LogP contribution in [0, 0.1) is 5.82 Å². The van der Waals surface area contributed by atoms with Crippen LogP contribution in [0.1, 0.15) is 24.2 Å². The smallest absolute Gasteiger partial charge is 0.344 e. The third-order valence-corrected chi connectivity index (χ3v) is 1.73. The summed E-state index contributed by atoms with van der Waals surface area (Å²) in [6.45, 7) is 3.60. The molecule has 0 radical (unpaired) electrons. The molecule has 0 aliphatic carbocycles. The van der Waals surface area contributed by atoms with E-state index < -0.39 is 11.8 Å². The van der Waals surface area contributed by atoms with Crippen molar-refractivity contribution in [3.05, 3.63) is 29.6 Å². The molecule has 0 unspecified atom stereocenters. The fourth-order valence-corrected chi connectivity index (χ4v) is 1.16. The van der Waals surface area contributed by atoms with Gasteiger partial charge in [0.2, 0.25) is 0 Å². The normalized spacial score (nSPS) is 10.2. The highest BCUT2D eigenvalue weighted by Crippen LogP contribution is 2.23. The van der Waals surface area contributed by atoms with E-state index in [0.29, 0.717) is 0 Å². The van der Waals surface area contributed by atoms with E-state index in [9.17, 15) is 9.18 Å². The van der Waals surface area contributed by atoms with Crippen molar-refractivity contribution in [2.75, 3.05) is 7.11 Å². The maximum atomic E-state index is 13.4. The van der Waals surface area contributed by atoms with E-state index in [4.69, 9.17) is 4.74 Å². The van der Waals surface area contributed by atoms with E-state index in [1.165, 1.54) is 25.3 Å². The van der Waals surface area contributed by atoms with Crippen molar-refractivity contribution >= 4 is 5.97 Å². The fourth-order valence-electron chi connectivity index (χ4n) is 1.16. The molecule has 0 N–H and O–H groups in total. The summed E-state index contributed by atoms with van der Waals surface area (Å²) in [7, 11) is 1.20. The van der Waals surface area contributed by atoms with Crippen LogP contribution < -0.4 is 4.74 Å². The van der Waals surface area contributed by atoms with Gasteiger partial charge in [0.05, 0.1) is 13.2 Å². The monoisotopic (exact) mass is 212 g/mol. The molecule has 0 bridgehead atoms. The van der Waals surface area contributed by atoms with E-state index in [2.05, 4.69) is 4.74 Å². The number of esters is 1. The highest BCUT2D eigenvalue weighted by molar-refractivity contribution is 5.92. The maximum absolute atomic E-state index is 13.4. The molecular formula is C11H13FO3. The lowest BCUT2D eigenvalue weighted by Gasteiger charge is -2.13.